The van der Waals surface area contributed by atoms with Crippen LogP contribution in [0.2, 0.25) is 0 Å². The molecule has 1 amide bonds. The Balaban J connectivity index is 2.09. The Labute approximate surface area is 176 Å². The molecule has 162 valence electrons. The van der Waals surface area contributed by atoms with E-state index in [9.17, 15) is 19.1 Å². The lowest BCUT2D eigenvalue weighted by molar-refractivity contribution is -0.0298. The zero-order chi connectivity index (χ0) is 22.1. The predicted octanol–water partition coefficient (Wildman–Crippen LogP) is 2.59. The molecule has 0 atom stereocenters. The highest BCUT2D eigenvalue weighted by molar-refractivity contribution is 6.00. The normalized spacial score (nSPS) is 16.6. The van der Waals surface area contributed by atoms with Crippen LogP contribution in [0.1, 0.15) is 37.0 Å². The molecule has 1 saturated heterocycles. The van der Waals surface area contributed by atoms with Gasteiger partial charge in [0, 0.05) is 49.6 Å². The molecule has 3 rings (SSSR count). The summed E-state index contributed by atoms with van der Waals surface area (Å²) in [5, 5.41) is 11.0. The van der Waals surface area contributed by atoms with Crippen molar-refractivity contribution in [3.05, 3.63) is 58.3 Å². The third kappa shape index (κ3) is 4.63. The summed E-state index contributed by atoms with van der Waals surface area (Å²) >= 11 is 0. The third-order valence-electron chi connectivity index (χ3n) is 6.00. The second-order valence-electron chi connectivity index (χ2n) is 8.58. The topological polar surface area (TPSA) is 65.8 Å². The van der Waals surface area contributed by atoms with Gasteiger partial charge in [0.2, 0.25) is 0 Å². The molecule has 1 aromatic heterocycles. The van der Waals surface area contributed by atoms with Gasteiger partial charge in [-0.05, 0) is 39.8 Å². The first kappa shape index (κ1) is 22.2. The number of hydrogen-bond donors (Lipinski definition) is 1. The van der Waals surface area contributed by atoms with Gasteiger partial charge in [-0.25, -0.2) is 4.39 Å². The van der Waals surface area contributed by atoms with Crippen LogP contribution in [0.4, 0.5) is 4.39 Å². The number of likely N-dealkylation sites (tertiary alicyclic amines) is 1. The van der Waals surface area contributed by atoms with Crippen LogP contribution in [-0.2, 0) is 6.54 Å². The average Bonchev–Trinajstić information content (AvgIpc) is 2.71. The first-order valence-electron chi connectivity index (χ1n) is 10.3. The van der Waals surface area contributed by atoms with Crippen molar-refractivity contribution in [1.29, 1.82) is 0 Å². The quantitative estimate of drug-likeness (QED) is 0.815. The van der Waals surface area contributed by atoms with Crippen molar-refractivity contribution in [3.63, 3.8) is 0 Å². The van der Waals surface area contributed by atoms with Crippen molar-refractivity contribution in [2.24, 2.45) is 0 Å². The van der Waals surface area contributed by atoms with Crippen LogP contribution in [-0.4, -0.2) is 64.2 Å². The minimum absolute atomic E-state index is 0.0654. The fourth-order valence-corrected chi connectivity index (χ4v) is 3.70. The molecule has 0 radical (unpaired) electrons. The highest BCUT2D eigenvalue weighted by Crippen LogP contribution is 2.28. The molecule has 1 fully saturated rings. The molecule has 1 aliphatic rings. The van der Waals surface area contributed by atoms with Crippen molar-refractivity contribution in [1.82, 2.24) is 14.4 Å². The van der Waals surface area contributed by atoms with E-state index in [-0.39, 0.29) is 40.7 Å². The number of pyridine rings is 1. The molecular weight excluding hydrogens is 385 g/mol. The Morgan fingerprint density at radius 3 is 2.47 bits per heavy atom. The molecule has 0 spiro atoms. The Hall–Kier alpha value is -2.51. The van der Waals surface area contributed by atoms with Gasteiger partial charge >= 0.3 is 0 Å². The standard InChI is InChI=1S/C23H30FN3O3/c1-16(2)26(4)22(29)19-14-27(15-23(30)9-11-25(3)12-10-23)21(28)13-18(19)17-7-5-6-8-20(17)24/h5-8,13-14,16,30H,9-12,15H2,1-4H3. The van der Waals surface area contributed by atoms with E-state index < -0.39 is 11.4 Å². The van der Waals surface area contributed by atoms with Crippen molar-refractivity contribution < 1.29 is 14.3 Å². The van der Waals surface area contributed by atoms with Crippen molar-refractivity contribution in [2.75, 3.05) is 27.2 Å². The highest BCUT2D eigenvalue weighted by Gasteiger charge is 2.32. The number of amides is 1. The zero-order valence-corrected chi connectivity index (χ0v) is 18.1. The molecule has 30 heavy (non-hydrogen) atoms. The first-order chi connectivity index (χ1) is 14.1. The van der Waals surface area contributed by atoms with E-state index in [1.165, 1.54) is 22.9 Å². The molecule has 0 aliphatic carbocycles. The van der Waals surface area contributed by atoms with Crippen LogP contribution in [0.3, 0.4) is 0 Å². The van der Waals surface area contributed by atoms with Gasteiger partial charge in [-0.15, -0.1) is 0 Å². The van der Waals surface area contributed by atoms with Crippen LogP contribution in [0, 0.1) is 5.82 Å². The van der Waals surface area contributed by atoms with Crippen LogP contribution in [0.5, 0.6) is 0 Å². The number of aromatic nitrogens is 1. The van der Waals surface area contributed by atoms with Gasteiger partial charge < -0.3 is 19.5 Å². The maximum atomic E-state index is 14.5. The summed E-state index contributed by atoms with van der Waals surface area (Å²) in [7, 11) is 3.67. The van der Waals surface area contributed by atoms with E-state index in [1.54, 1.807) is 30.1 Å². The van der Waals surface area contributed by atoms with Gasteiger partial charge in [-0.1, -0.05) is 18.2 Å². The van der Waals surface area contributed by atoms with Crippen molar-refractivity contribution >= 4 is 5.91 Å². The van der Waals surface area contributed by atoms with Gasteiger partial charge in [0.1, 0.15) is 5.82 Å². The summed E-state index contributed by atoms with van der Waals surface area (Å²) in [5.74, 6) is -0.794. The maximum Gasteiger partial charge on any atom is 0.255 e. The van der Waals surface area contributed by atoms with Crippen molar-refractivity contribution in [2.45, 2.75) is 44.9 Å². The number of aliphatic hydroxyl groups is 1. The van der Waals surface area contributed by atoms with Gasteiger partial charge in [0.15, 0.2) is 0 Å². The van der Waals surface area contributed by atoms with E-state index in [1.807, 2.05) is 20.9 Å². The van der Waals surface area contributed by atoms with Gasteiger partial charge in [0.05, 0.1) is 17.7 Å². The number of carbonyl (C=O) groups excluding carboxylic acids is 1. The Kier molecular flexibility index (Phi) is 6.43. The number of piperidine rings is 1. The molecule has 1 aliphatic heterocycles. The van der Waals surface area contributed by atoms with Gasteiger partial charge in [-0.2, -0.15) is 0 Å². The van der Waals surface area contributed by atoms with Crippen LogP contribution >= 0.6 is 0 Å². The van der Waals surface area contributed by atoms with E-state index in [2.05, 4.69) is 4.90 Å². The molecule has 1 N–H and O–H groups in total. The van der Waals surface area contributed by atoms with Crippen LogP contribution < -0.4 is 5.56 Å². The number of nitrogens with zero attached hydrogens (tertiary/aromatic N) is 3. The maximum absolute atomic E-state index is 14.5. The molecular formula is C23H30FN3O3. The summed E-state index contributed by atoms with van der Waals surface area (Å²) in [6.45, 7) is 5.35. The highest BCUT2D eigenvalue weighted by atomic mass is 19.1. The summed E-state index contributed by atoms with van der Waals surface area (Å²) in [6.07, 6.45) is 2.56. The SMILES string of the molecule is CC(C)N(C)C(=O)c1cn(CC2(O)CCN(C)CC2)c(=O)cc1-c1ccccc1F. The third-order valence-corrected chi connectivity index (χ3v) is 6.00. The molecule has 1 aromatic carbocycles. The Morgan fingerprint density at radius 2 is 1.87 bits per heavy atom. The van der Waals surface area contributed by atoms with Crippen LogP contribution in [0.25, 0.3) is 11.1 Å². The second-order valence-corrected chi connectivity index (χ2v) is 8.58. The monoisotopic (exact) mass is 415 g/mol. The lowest BCUT2D eigenvalue weighted by Crippen LogP contribution is -2.47. The minimum atomic E-state index is -1.01. The second kappa shape index (κ2) is 8.70. The van der Waals surface area contributed by atoms with Crippen molar-refractivity contribution in [3.8, 4) is 11.1 Å². The Morgan fingerprint density at radius 1 is 1.23 bits per heavy atom. The smallest absolute Gasteiger partial charge is 0.255 e. The number of rotatable bonds is 5. The number of hydrogen-bond acceptors (Lipinski definition) is 4. The summed E-state index contributed by atoms with van der Waals surface area (Å²) in [5.41, 5.74) is -0.667. The molecule has 6 nitrogen and oxygen atoms in total. The lowest BCUT2D eigenvalue weighted by Gasteiger charge is -2.37. The fraction of sp³-hybridized carbons (Fsp3) is 0.478. The van der Waals surface area contributed by atoms with Gasteiger partial charge in [-0.3, -0.25) is 9.59 Å². The lowest BCUT2D eigenvalue weighted by atomic mass is 9.91. The number of halogens is 1. The average molecular weight is 416 g/mol. The largest absolute Gasteiger partial charge is 0.388 e. The first-order valence-corrected chi connectivity index (χ1v) is 10.3. The molecule has 0 unspecified atom stereocenters. The summed E-state index contributed by atoms with van der Waals surface area (Å²) in [4.78, 5) is 29.8. The summed E-state index contributed by atoms with van der Waals surface area (Å²) < 4.78 is 15.9. The molecule has 2 heterocycles. The number of carbonyl (C=O) groups is 1. The van der Waals surface area contributed by atoms with E-state index in [0.29, 0.717) is 12.8 Å². The fourth-order valence-electron chi connectivity index (χ4n) is 3.70. The zero-order valence-electron chi connectivity index (χ0n) is 18.1. The summed E-state index contributed by atoms with van der Waals surface area (Å²) in [6, 6.07) is 7.35. The van der Waals surface area contributed by atoms with Crippen LogP contribution in [0.15, 0.2) is 41.3 Å². The number of benzene rings is 1. The molecule has 0 saturated carbocycles. The molecule has 2 aromatic rings. The van der Waals surface area contributed by atoms with E-state index in [0.717, 1.165) is 13.1 Å². The van der Waals surface area contributed by atoms with E-state index in [4.69, 9.17) is 0 Å². The Bertz CT molecular complexity index is 978. The molecule has 7 heteroatoms. The minimum Gasteiger partial charge on any atom is -0.388 e. The molecule has 0 bridgehead atoms. The predicted molar refractivity (Wildman–Crippen MR) is 115 cm³/mol. The van der Waals surface area contributed by atoms with E-state index >= 15 is 0 Å². The van der Waals surface area contributed by atoms with Gasteiger partial charge in [0.25, 0.3) is 11.5 Å².